The Bertz CT molecular complexity index is 1100. The molecule has 0 aliphatic heterocycles. The van der Waals surface area contributed by atoms with Gasteiger partial charge in [-0.2, -0.15) is 0 Å². The normalized spacial score (nSPS) is 11.0. The number of pyridine rings is 1. The van der Waals surface area contributed by atoms with Gasteiger partial charge >= 0.3 is 5.69 Å². The zero-order chi connectivity index (χ0) is 19.6. The van der Waals surface area contributed by atoms with Crippen molar-refractivity contribution in [3.63, 3.8) is 0 Å². The quantitative estimate of drug-likeness (QED) is 0.719. The Labute approximate surface area is 157 Å². The highest BCUT2D eigenvalue weighted by Gasteiger charge is 2.16. The van der Waals surface area contributed by atoms with Gasteiger partial charge in [0.1, 0.15) is 11.1 Å². The summed E-state index contributed by atoms with van der Waals surface area (Å²) in [6.07, 6.45) is 3.20. The van der Waals surface area contributed by atoms with Crippen LogP contribution in [0.4, 0.5) is 5.69 Å². The van der Waals surface area contributed by atoms with Crippen molar-refractivity contribution in [1.29, 1.82) is 0 Å². The van der Waals surface area contributed by atoms with E-state index in [1.54, 1.807) is 20.4 Å². The van der Waals surface area contributed by atoms with E-state index in [0.717, 1.165) is 40.0 Å². The van der Waals surface area contributed by atoms with E-state index in [1.165, 1.54) is 11.6 Å². The molecule has 142 valence electrons. The number of nitrogens with one attached hydrogen (secondary N) is 1. The van der Waals surface area contributed by atoms with Gasteiger partial charge in [-0.3, -0.25) is 13.9 Å². The molecular weight excluding hydrogens is 344 g/mol. The van der Waals surface area contributed by atoms with Crippen LogP contribution in [0.1, 0.15) is 18.1 Å². The van der Waals surface area contributed by atoms with Crippen LogP contribution in [0.15, 0.2) is 40.1 Å². The van der Waals surface area contributed by atoms with Crippen LogP contribution in [0.25, 0.3) is 11.0 Å². The highest BCUT2D eigenvalue weighted by Crippen LogP contribution is 2.24. The maximum Gasteiger partial charge on any atom is 0.332 e. The number of nitrogens with zero attached hydrogens (tertiary/aromatic N) is 3. The number of anilines is 1. The van der Waals surface area contributed by atoms with E-state index in [2.05, 4.69) is 10.3 Å². The van der Waals surface area contributed by atoms with E-state index in [-0.39, 0.29) is 11.2 Å². The summed E-state index contributed by atoms with van der Waals surface area (Å²) < 4.78 is 7.92. The van der Waals surface area contributed by atoms with Crippen molar-refractivity contribution in [2.24, 2.45) is 14.1 Å². The van der Waals surface area contributed by atoms with Gasteiger partial charge in [0.25, 0.3) is 5.56 Å². The summed E-state index contributed by atoms with van der Waals surface area (Å²) in [5.74, 6) is 0.841. The van der Waals surface area contributed by atoms with Crippen LogP contribution in [-0.2, 0) is 26.9 Å². The number of hydrogen-bond donors (Lipinski definition) is 1. The van der Waals surface area contributed by atoms with Gasteiger partial charge in [0.15, 0.2) is 5.65 Å². The summed E-state index contributed by atoms with van der Waals surface area (Å²) in [6.45, 7) is 2.64. The lowest BCUT2D eigenvalue weighted by Gasteiger charge is -2.16. The van der Waals surface area contributed by atoms with Crippen molar-refractivity contribution < 1.29 is 4.74 Å². The number of benzene rings is 1. The summed E-state index contributed by atoms with van der Waals surface area (Å²) >= 11 is 0. The minimum absolute atomic E-state index is 0.337. The van der Waals surface area contributed by atoms with Gasteiger partial charge in [-0.1, -0.05) is 25.1 Å². The van der Waals surface area contributed by atoms with Crippen molar-refractivity contribution >= 4 is 16.7 Å². The summed E-state index contributed by atoms with van der Waals surface area (Å²) in [4.78, 5) is 29.3. The number of rotatable bonds is 6. The second kappa shape index (κ2) is 7.65. The molecule has 0 fully saturated rings. The first-order valence-corrected chi connectivity index (χ1v) is 8.93. The van der Waals surface area contributed by atoms with Crippen molar-refractivity contribution in [2.45, 2.75) is 19.8 Å². The van der Waals surface area contributed by atoms with Crippen molar-refractivity contribution in [1.82, 2.24) is 14.1 Å². The molecule has 0 spiro atoms. The molecule has 27 heavy (non-hydrogen) atoms. The smallest absolute Gasteiger partial charge is 0.332 e. The molecule has 0 unspecified atom stereocenters. The molecule has 0 aliphatic carbocycles. The summed E-state index contributed by atoms with van der Waals surface area (Å²) in [5.41, 5.74) is 2.44. The van der Waals surface area contributed by atoms with E-state index in [4.69, 9.17) is 4.74 Å². The standard InChI is InChI=1S/C20H24N4O3/c1-5-13-12-22-18-16(19(25)24(3)20(26)23(18)2)17(13)21-11-10-14-8-6-7-9-15(14)27-4/h6-9,12H,5,10-11H2,1-4H3,(H,21,22). The van der Waals surface area contributed by atoms with E-state index in [9.17, 15) is 9.59 Å². The Morgan fingerprint density at radius 2 is 1.85 bits per heavy atom. The molecule has 2 aromatic heterocycles. The van der Waals surface area contributed by atoms with Crippen LogP contribution < -0.4 is 21.3 Å². The monoisotopic (exact) mass is 368 g/mol. The molecule has 0 saturated heterocycles. The Balaban J connectivity index is 2.03. The number of fused-ring (bicyclic) bond motifs is 1. The van der Waals surface area contributed by atoms with Crippen LogP contribution >= 0.6 is 0 Å². The van der Waals surface area contributed by atoms with Crippen LogP contribution in [0.3, 0.4) is 0 Å². The van der Waals surface area contributed by atoms with Crippen LogP contribution in [0.2, 0.25) is 0 Å². The topological polar surface area (TPSA) is 78.2 Å². The van der Waals surface area contributed by atoms with Crippen LogP contribution in [0.5, 0.6) is 5.75 Å². The second-order valence-corrected chi connectivity index (χ2v) is 6.40. The van der Waals surface area contributed by atoms with Gasteiger partial charge in [-0.25, -0.2) is 9.78 Å². The number of para-hydroxylation sites is 1. The molecule has 1 aromatic carbocycles. The van der Waals surface area contributed by atoms with Gasteiger partial charge in [-0.15, -0.1) is 0 Å². The fourth-order valence-corrected chi connectivity index (χ4v) is 3.27. The lowest BCUT2D eigenvalue weighted by Crippen LogP contribution is -2.37. The second-order valence-electron chi connectivity index (χ2n) is 6.40. The third-order valence-electron chi connectivity index (χ3n) is 4.82. The van der Waals surface area contributed by atoms with Crippen LogP contribution in [0, 0.1) is 0 Å². The van der Waals surface area contributed by atoms with Gasteiger partial charge in [0.2, 0.25) is 0 Å². The molecule has 3 rings (SSSR count). The van der Waals surface area contributed by atoms with Gasteiger partial charge in [0.05, 0.1) is 12.8 Å². The van der Waals surface area contributed by atoms with Gasteiger partial charge in [-0.05, 0) is 30.0 Å². The Morgan fingerprint density at radius 3 is 2.56 bits per heavy atom. The van der Waals surface area contributed by atoms with Crippen molar-refractivity contribution in [2.75, 3.05) is 19.0 Å². The molecule has 0 atom stereocenters. The van der Waals surface area contributed by atoms with Crippen molar-refractivity contribution in [3.8, 4) is 5.75 Å². The maximum absolute atomic E-state index is 12.8. The molecule has 0 radical (unpaired) electrons. The number of hydrogen-bond acceptors (Lipinski definition) is 5. The number of aryl methyl sites for hydroxylation is 2. The van der Waals surface area contributed by atoms with Crippen molar-refractivity contribution in [3.05, 3.63) is 62.4 Å². The first kappa shape index (κ1) is 18.7. The SMILES string of the molecule is CCc1cnc2c(c1NCCc1ccccc1OC)c(=O)n(C)c(=O)n2C. The largest absolute Gasteiger partial charge is 0.496 e. The molecule has 0 bridgehead atoms. The predicted octanol–water partition coefficient (Wildman–Crippen LogP) is 1.86. The molecule has 1 N–H and O–H groups in total. The van der Waals surface area contributed by atoms with Crippen LogP contribution in [-0.4, -0.2) is 27.8 Å². The highest BCUT2D eigenvalue weighted by molar-refractivity contribution is 5.90. The summed E-state index contributed by atoms with van der Waals surface area (Å²) in [6, 6.07) is 7.86. The molecule has 7 heteroatoms. The van der Waals surface area contributed by atoms with Gasteiger partial charge in [0, 0.05) is 26.8 Å². The Kier molecular flexibility index (Phi) is 5.30. The summed E-state index contributed by atoms with van der Waals surface area (Å²) in [7, 11) is 4.77. The molecular formula is C20H24N4O3. The molecule has 0 saturated carbocycles. The maximum atomic E-state index is 12.8. The fourth-order valence-electron chi connectivity index (χ4n) is 3.27. The van der Waals surface area contributed by atoms with E-state index in [0.29, 0.717) is 17.6 Å². The first-order valence-electron chi connectivity index (χ1n) is 8.93. The lowest BCUT2D eigenvalue weighted by molar-refractivity contribution is 0.410. The average Bonchev–Trinajstić information content (AvgIpc) is 2.70. The van der Waals surface area contributed by atoms with E-state index < -0.39 is 0 Å². The molecule has 0 amide bonds. The third kappa shape index (κ3) is 3.32. The number of methoxy groups -OCH3 is 1. The molecule has 7 nitrogen and oxygen atoms in total. The average molecular weight is 368 g/mol. The fraction of sp³-hybridized carbons (Fsp3) is 0.350. The van der Waals surface area contributed by atoms with E-state index >= 15 is 0 Å². The lowest BCUT2D eigenvalue weighted by atomic mass is 10.1. The zero-order valence-electron chi connectivity index (χ0n) is 16.1. The third-order valence-corrected chi connectivity index (χ3v) is 4.82. The minimum Gasteiger partial charge on any atom is -0.496 e. The summed E-state index contributed by atoms with van der Waals surface area (Å²) in [5, 5.41) is 3.84. The molecule has 2 heterocycles. The molecule has 3 aromatic rings. The Hall–Kier alpha value is -3.09. The minimum atomic E-state index is -0.385. The molecule has 0 aliphatic rings. The zero-order valence-corrected chi connectivity index (χ0v) is 16.1. The van der Waals surface area contributed by atoms with Gasteiger partial charge < -0.3 is 10.1 Å². The highest BCUT2D eigenvalue weighted by atomic mass is 16.5. The Morgan fingerprint density at radius 1 is 1.11 bits per heavy atom. The van der Waals surface area contributed by atoms with E-state index in [1.807, 2.05) is 31.2 Å². The number of ether oxygens (including phenoxy) is 1. The number of aromatic nitrogens is 3. The predicted molar refractivity (Wildman–Crippen MR) is 107 cm³/mol. The first-order chi connectivity index (χ1) is 13.0.